The highest BCUT2D eigenvalue weighted by atomic mass is 16.3. The smallest absolute Gasteiger partial charge is 0.0864 e. The second-order valence-electron chi connectivity index (χ2n) is 5.82. The Balaban J connectivity index is 2.04. The van der Waals surface area contributed by atoms with E-state index in [-0.39, 0.29) is 12.0 Å². The second-order valence-corrected chi connectivity index (χ2v) is 5.82. The molecule has 2 aromatic carbocycles. The molecule has 0 spiro atoms. The van der Waals surface area contributed by atoms with Crippen LogP contribution in [0.25, 0.3) is 0 Å². The normalized spacial score (nSPS) is 21.5. The van der Waals surface area contributed by atoms with Gasteiger partial charge in [-0.2, -0.15) is 0 Å². The Kier molecular flexibility index (Phi) is 2.94. The Hall–Kier alpha value is -1.60. The summed E-state index contributed by atoms with van der Waals surface area (Å²) >= 11 is 0. The van der Waals surface area contributed by atoms with E-state index in [0.29, 0.717) is 0 Å². The van der Waals surface area contributed by atoms with Gasteiger partial charge in [0.2, 0.25) is 0 Å². The van der Waals surface area contributed by atoms with Gasteiger partial charge in [-0.15, -0.1) is 0 Å². The van der Waals surface area contributed by atoms with Gasteiger partial charge in [0.05, 0.1) is 6.10 Å². The molecule has 2 atom stereocenters. The largest absolute Gasteiger partial charge is 0.388 e. The average molecular weight is 252 g/mol. The van der Waals surface area contributed by atoms with Crippen LogP contribution < -0.4 is 0 Å². The first-order chi connectivity index (χ1) is 9.06. The number of aliphatic hydroxyl groups excluding tert-OH is 1. The zero-order valence-electron chi connectivity index (χ0n) is 11.8. The van der Waals surface area contributed by atoms with Crippen molar-refractivity contribution >= 4 is 0 Å². The van der Waals surface area contributed by atoms with Gasteiger partial charge in [0.1, 0.15) is 0 Å². The minimum absolute atomic E-state index is 0.205. The van der Waals surface area contributed by atoms with Crippen molar-refractivity contribution in [2.45, 2.75) is 39.2 Å². The maximum Gasteiger partial charge on any atom is 0.0864 e. The fourth-order valence-electron chi connectivity index (χ4n) is 3.18. The number of aryl methyl sites for hydroxylation is 3. The third kappa shape index (κ3) is 2.08. The predicted octanol–water partition coefficient (Wildman–Crippen LogP) is 3.99. The van der Waals surface area contributed by atoms with Crippen LogP contribution in [0.5, 0.6) is 0 Å². The molecular formula is C18H20O. The molecule has 2 aromatic rings. The molecule has 0 aromatic heterocycles. The van der Waals surface area contributed by atoms with E-state index >= 15 is 0 Å². The van der Waals surface area contributed by atoms with Crippen molar-refractivity contribution in [3.8, 4) is 0 Å². The van der Waals surface area contributed by atoms with Crippen molar-refractivity contribution in [3.05, 3.63) is 69.8 Å². The van der Waals surface area contributed by atoms with Crippen molar-refractivity contribution in [2.24, 2.45) is 0 Å². The van der Waals surface area contributed by atoms with Gasteiger partial charge >= 0.3 is 0 Å². The van der Waals surface area contributed by atoms with Crippen LogP contribution in [-0.4, -0.2) is 5.11 Å². The maximum atomic E-state index is 10.6. The Labute approximate surface area is 114 Å². The van der Waals surface area contributed by atoms with Gasteiger partial charge in [-0.3, -0.25) is 0 Å². The highest BCUT2D eigenvalue weighted by molar-refractivity contribution is 5.44. The van der Waals surface area contributed by atoms with Crippen molar-refractivity contribution in [2.75, 3.05) is 0 Å². The van der Waals surface area contributed by atoms with Crippen LogP contribution in [0, 0.1) is 20.8 Å². The van der Waals surface area contributed by atoms with E-state index in [4.69, 9.17) is 0 Å². The van der Waals surface area contributed by atoms with Crippen molar-refractivity contribution in [3.63, 3.8) is 0 Å². The molecule has 98 valence electrons. The van der Waals surface area contributed by atoms with E-state index in [2.05, 4.69) is 57.2 Å². The van der Waals surface area contributed by atoms with Crippen LogP contribution in [0.3, 0.4) is 0 Å². The van der Waals surface area contributed by atoms with Gasteiger partial charge in [0, 0.05) is 5.92 Å². The second kappa shape index (κ2) is 4.50. The Bertz CT molecular complexity index is 628. The topological polar surface area (TPSA) is 20.2 Å². The molecule has 0 amide bonds. The standard InChI is InChI=1S/C18H20O/c1-11-4-6-13(3)15(8-11)17-10-14-7-5-12(2)9-16(14)18(17)19/h4-9,17-19H,10H2,1-3H3. The Morgan fingerprint density at radius 2 is 1.53 bits per heavy atom. The molecule has 19 heavy (non-hydrogen) atoms. The lowest BCUT2D eigenvalue weighted by Crippen LogP contribution is -2.07. The van der Waals surface area contributed by atoms with Crippen molar-refractivity contribution < 1.29 is 5.11 Å². The van der Waals surface area contributed by atoms with Gasteiger partial charge < -0.3 is 5.11 Å². The van der Waals surface area contributed by atoms with Gasteiger partial charge in [-0.1, -0.05) is 47.5 Å². The Morgan fingerprint density at radius 1 is 0.895 bits per heavy atom. The lowest BCUT2D eigenvalue weighted by Gasteiger charge is -2.18. The number of rotatable bonds is 1. The number of hydrogen-bond acceptors (Lipinski definition) is 1. The molecular weight excluding hydrogens is 232 g/mol. The van der Waals surface area contributed by atoms with Crippen LogP contribution in [0.1, 0.15) is 45.4 Å². The number of aliphatic hydroxyl groups is 1. The molecule has 3 rings (SSSR count). The predicted molar refractivity (Wildman–Crippen MR) is 78.5 cm³/mol. The highest BCUT2D eigenvalue weighted by Gasteiger charge is 2.32. The summed E-state index contributed by atoms with van der Waals surface area (Å²) in [4.78, 5) is 0. The molecule has 0 heterocycles. The fourth-order valence-corrected chi connectivity index (χ4v) is 3.18. The van der Waals surface area contributed by atoms with E-state index in [9.17, 15) is 5.11 Å². The van der Waals surface area contributed by atoms with Gasteiger partial charge in [0.25, 0.3) is 0 Å². The summed E-state index contributed by atoms with van der Waals surface area (Å²) < 4.78 is 0. The fraction of sp³-hybridized carbons (Fsp3) is 0.333. The first-order valence-electron chi connectivity index (χ1n) is 6.91. The molecule has 1 N–H and O–H groups in total. The summed E-state index contributed by atoms with van der Waals surface area (Å²) in [6.07, 6.45) is 0.580. The van der Waals surface area contributed by atoms with E-state index in [1.165, 1.54) is 27.8 Å². The summed E-state index contributed by atoms with van der Waals surface area (Å²) in [6.45, 7) is 6.33. The van der Waals surface area contributed by atoms with Gasteiger partial charge in [-0.05, 0) is 49.4 Å². The molecule has 0 radical (unpaired) electrons. The quantitative estimate of drug-likeness (QED) is 0.813. The zero-order chi connectivity index (χ0) is 13.6. The molecule has 2 unspecified atom stereocenters. The molecule has 0 aliphatic heterocycles. The van der Waals surface area contributed by atoms with E-state index in [0.717, 1.165) is 12.0 Å². The first kappa shape index (κ1) is 12.4. The van der Waals surface area contributed by atoms with E-state index in [1.54, 1.807) is 0 Å². The maximum absolute atomic E-state index is 10.6. The lowest BCUT2D eigenvalue weighted by molar-refractivity contribution is 0.157. The molecule has 1 aliphatic rings. The molecule has 1 nitrogen and oxygen atoms in total. The van der Waals surface area contributed by atoms with E-state index < -0.39 is 0 Å². The molecule has 0 saturated carbocycles. The summed E-state index contributed by atoms with van der Waals surface area (Å²) in [6, 6.07) is 13.0. The number of fused-ring (bicyclic) bond motifs is 1. The van der Waals surface area contributed by atoms with Crippen LogP contribution in [0.2, 0.25) is 0 Å². The van der Waals surface area contributed by atoms with Crippen molar-refractivity contribution in [1.82, 2.24) is 0 Å². The van der Waals surface area contributed by atoms with Gasteiger partial charge in [0.15, 0.2) is 0 Å². The summed E-state index contributed by atoms with van der Waals surface area (Å²) in [5.41, 5.74) is 7.47. The summed E-state index contributed by atoms with van der Waals surface area (Å²) in [7, 11) is 0. The molecule has 0 saturated heterocycles. The van der Waals surface area contributed by atoms with Crippen LogP contribution in [-0.2, 0) is 6.42 Å². The number of benzene rings is 2. The summed E-state index contributed by atoms with van der Waals surface area (Å²) in [5, 5.41) is 10.6. The Morgan fingerprint density at radius 3 is 2.26 bits per heavy atom. The minimum Gasteiger partial charge on any atom is -0.388 e. The monoisotopic (exact) mass is 252 g/mol. The van der Waals surface area contributed by atoms with E-state index in [1.807, 2.05) is 0 Å². The van der Waals surface area contributed by atoms with Crippen LogP contribution >= 0.6 is 0 Å². The van der Waals surface area contributed by atoms with Gasteiger partial charge in [-0.25, -0.2) is 0 Å². The first-order valence-corrected chi connectivity index (χ1v) is 6.91. The third-order valence-electron chi connectivity index (χ3n) is 4.28. The number of hydrogen-bond donors (Lipinski definition) is 1. The third-order valence-corrected chi connectivity index (χ3v) is 4.28. The van der Waals surface area contributed by atoms with Crippen LogP contribution in [0.4, 0.5) is 0 Å². The average Bonchev–Trinajstić information content (AvgIpc) is 2.70. The molecule has 0 fully saturated rings. The SMILES string of the molecule is Cc1ccc2c(c1)C(O)C(c1cc(C)ccc1C)C2. The molecule has 1 aliphatic carbocycles. The van der Waals surface area contributed by atoms with Crippen molar-refractivity contribution in [1.29, 1.82) is 0 Å². The minimum atomic E-state index is -0.365. The highest BCUT2D eigenvalue weighted by Crippen LogP contribution is 2.43. The van der Waals surface area contributed by atoms with Crippen LogP contribution in [0.15, 0.2) is 36.4 Å². The lowest BCUT2D eigenvalue weighted by atomic mass is 9.89. The molecule has 1 heteroatoms. The summed E-state index contributed by atoms with van der Waals surface area (Å²) in [5.74, 6) is 0.205. The molecule has 0 bridgehead atoms. The zero-order valence-corrected chi connectivity index (χ0v) is 11.8.